The number of nitrogens with two attached hydrogens (primary N) is 1. The zero-order valence-corrected chi connectivity index (χ0v) is 7.48. The Balaban J connectivity index is 2.16. The van der Waals surface area contributed by atoms with Crippen LogP contribution in [0.5, 0.6) is 0 Å². The first kappa shape index (κ1) is 8.38. The summed E-state index contributed by atoms with van der Waals surface area (Å²) >= 11 is 0. The summed E-state index contributed by atoms with van der Waals surface area (Å²) in [7, 11) is 0. The standard InChI is InChI=1S/C10H14N2O/c11-8-2-1-3-9(6-8)12-5-4-10(13)7-12/h1-3,6,10,13H,4-5,7,11H2/t10-/m0/s1. The average molecular weight is 178 g/mol. The van der Waals surface area contributed by atoms with E-state index in [1.807, 2.05) is 24.3 Å². The minimum Gasteiger partial charge on any atom is -0.399 e. The molecule has 3 N–H and O–H groups in total. The first-order valence-corrected chi connectivity index (χ1v) is 4.54. The second kappa shape index (κ2) is 3.26. The molecule has 0 amide bonds. The third-order valence-electron chi connectivity index (χ3n) is 2.40. The number of hydrogen-bond donors (Lipinski definition) is 2. The third-order valence-corrected chi connectivity index (χ3v) is 2.40. The summed E-state index contributed by atoms with van der Waals surface area (Å²) in [5, 5.41) is 9.36. The minimum absolute atomic E-state index is 0.179. The maximum atomic E-state index is 9.36. The third kappa shape index (κ3) is 1.75. The van der Waals surface area contributed by atoms with E-state index in [-0.39, 0.29) is 6.10 Å². The highest BCUT2D eigenvalue weighted by Gasteiger charge is 2.19. The van der Waals surface area contributed by atoms with Gasteiger partial charge in [0.25, 0.3) is 0 Å². The maximum Gasteiger partial charge on any atom is 0.0731 e. The summed E-state index contributed by atoms with van der Waals surface area (Å²) in [6.07, 6.45) is 0.677. The molecule has 0 bridgehead atoms. The average Bonchev–Trinajstić information content (AvgIpc) is 2.52. The lowest BCUT2D eigenvalue weighted by atomic mass is 10.2. The van der Waals surface area contributed by atoms with Gasteiger partial charge in [-0.05, 0) is 24.6 Å². The zero-order chi connectivity index (χ0) is 9.26. The molecule has 1 aliphatic rings. The van der Waals surface area contributed by atoms with Crippen LogP contribution < -0.4 is 10.6 Å². The van der Waals surface area contributed by atoms with E-state index >= 15 is 0 Å². The van der Waals surface area contributed by atoms with Gasteiger partial charge in [0.1, 0.15) is 0 Å². The van der Waals surface area contributed by atoms with Gasteiger partial charge in [-0.25, -0.2) is 0 Å². The summed E-state index contributed by atoms with van der Waals surface area (Å²) in [5.41, 5.74) is 7.56. The molecular formula is C10H14N2O. The van der Waals surface area contributed by atoms with Crippen molar-refractivity contribution in [3.8, 4) is 0 Å². The van der Waals surface area contributed by atoms with E-state index in [0.29, 0.717) is 0 Å². The Morgan fingerprint density at radius 1 is 1.46 bits per heavy atom. The van der Waals surface area contributed by atoms with Crippen molar-refractivity contribution in [1.82, 2.24) is 0 Å². The van der Waals surface area contributed by atoms with Gasteiger partial charge in [0.15, 0.2) is 0 Å². The normalized spacial score (nSPS) is 22.2. The Bertz CT molecular complexity index is 301. The number of β-amino-alcohol motifs (C(OH)–C–C–N with tert-alkyl or cyclic N) is 1. The number of nitrogens with zero attached hydrogens (tertiary/aromatic N) is 1. The van der Waals surface area contributed by atoms with Crippen molar-refractivity contribution in [2.45, 2.75) is 12.5 Å². The molecule has 1 heterocycles. The van der Waals surface area contributed by atoms with Gasteiger partial charge in [-0.1, -0.05) is 6.07 Å². The SMILES string of the molecule is Nc1cccc(N2CC[C@H](O)C2)c1. The van der Waals surface area contributed by atoms with Gasteiger partial charge >= 0.3 is 0 Å². The summed E-state index contributed by atoms with van der Waals surface area (Å²) in [5.74, 6) is 0. The van der Waals surface area contributed by atoms with Gasteiger partial charge in [-0.3, -0.25) is 0 Å². The van der Waals surface area contributed by atoms with E-state index in [1.165, 1.54) is 0 Å². The topological polar surface area (TPSA) is 49.5 Å². The molecule has 3 nitrogen and oxygen atoms in total. The molecule has 1 atom stereocenters. The smallest absolute Gasteiger partial charge is 0.0731 e. The number of nitrogen functional groups attached to an aromatic ring is 1. The van der Waals surface area contributed by atoms with Gasteiger partial charge in [-0.2, -0.15) is 0 Å². The lowest BCUT2D eigenvalue weighted by Crippen LogP contribution is -2.21. The van der Waals surface area contributed by atoms with Crippen LogP contribution in [0.25, 0.3) is 0 Å². The molecule has 0 unspecified atom stereocenters. The van der Waals surface area contributed by atoms with Crippen molar-refractivity contribution in [3.05, 3.63) is 24.3 Å². The number of rotatable bonds is 1. The van der Waals surface area contributed by atoms with Gasteiger partial charge in [-0.15, -0.1) is 0 Å². The van der Waals surface area contributed by atoms with E-state index in [2.05, 4.69) is 4.90 Å². The van der Waals surface area contributed by atoms with Crippen molar-refractivity contribution < 1.29 is 5.11 Å². The molecule has 3 heteroatoms. The van der Waals surface area contributed by atoms with Crippen LogP contribution in [-0.4, -0.2) is 24.3 Å². The quantitative estimate of drug-likeness (QED) is 0.626. The monoisotopic (exact) mass is 178 g/mol. The predicted octanol–water partition coefficient (Wildman–Crippen LogP) is 0.840. The fourth-order valence-electron chi connectivity index (χ4n) is 1.70. The molecule has 1 fully saturated rings. The van der Waals surface area contributed by atoms with Gasteiger partial charge in [0, 0.05) is 24.5 Å². The van der Waals surface area contributed by atoms with Crippen LogP contribution in [0.2, 0.25) is 0 Å². The van der Waals surface area contributed by atoms with Crippen LogP contribution in [0.4, 0.5) is 11.4 Å². The van der Waals surface area contributed by atoms with E-state index in [4.69, 9.17) is 5.73 Å². The van der Waals surface area contributed by atoms with E-state index in [9.17, 15) is 5.11 Å². The molecule has 0 spiro atoms. The highest BCUT2D eigenvalue weighted by Crippen LogP contribution is 2.21. The molecule has 0 aromatic heterocycles. The lowest BCUT2D eigenvalue weighted by Gasteiger charge is -2.17. The van der Waals surface area contributed by atoms with Crippen LogP contribution in [0, 0.1) is 0 Å². The Kier molecular flexibility index (Phi) is 2.10. The van der Waals surface area contributed by atoms with Crippen molar-refractivity contribution in [2.75, 3.05) is 23.7 Å². The molecule has 1 saturated heterocycles. The predicted molar refractivity (Wildman–Crippen MR) is 53.7 cm³/mol. The highest BCUT2D eigenvalue weighted by atomic mass is 16.3. The number of hydrogen-bond acceptors (Lipinski definition) is 3. The molecule has 1 aromatic carbocycles. The van der Waals surface area contributed by atoms with Crippen LogP contribution in [-0.2, 0) is 0 Å². The summed E-state index contributed by atoms with van der Waals surface area (Å²) < 4.78 is 0. The van der Waals surface area contributed by atoms with Crippen molar-refractivity contribution in [2.24, 2.45) is 0 Å². The summed E-state index contributed by atoms with van der Waals surface area (Å²) in [4.78, 5) is 2.15. The molecule has 2 rings (SSSR count). The molecule has 0 radical (unpaired) electrons. The van der Waals surface area contributed by atoms with E-state index < -0.39 is 0 Å². The Hall–Kier alpha value is -1.22. The van der Waals surface area contributed by atoms with E-state index in [0.717, 1.165) is 30.9 Å². The Morgan fingerprint density at radius 2 is 2.31 bits per heavy atom. The fraction of sp³-hybridized carbons (Fsp3) is 0.400. The van der Waals surface area contributed by atoms with Crippen molar-refractivity contribution in [1.29, 1.82) is 0 Å². The van der Waals surface area contributed by atoms with Crippen LogP contribution in [0.15, 0.2) is 24.3 Å². The largest absolute Gasteiger partial charge is 0.399 e. The second-order valence-electron chi connectivity index (χ2n) is 3.48. The van der Waals surface area contributed by atoms with Crippen LogP contribution in [0.1, 0.15) is 6.42 Å². The Morgan fingerprint density at radius 3 is 2.92 bits per heavy atom. The number of aliphatic hydroxyl groups excluding tert-OH is 1. The summed E-state index contributed by atoms with van der Waals surface area (Å²) in [6, 6.07) is 7.78. The first-order chi connectivity index (χ1) is 6.25. The first-order valence-electron chi connectivity index (χ1n) is 4.54. The molecule has 0 saturated carbocycles. The number of anilines is 2. The highest BCUT2D eigenvalue weighted by molar-refractivity contribution is 5.56. The van der Waals surface area contributed by atoms with E-state index in [1.54, 1.807) is 0 Å². The van der Waals surface area contributed by atoms with Crippen LogP contribution >= 0.6 is 0 Å². The lowest BCUT2D eigenvalue weighted by molar-refractivity contribution is 0.198. The maximum absolute atomic E-state index is 9.36. The van der Waals surface area contributed by atoms with Gasteiger partial charge in [0.2, 0.25) is 0 Å². The summed E-state index contributed by atoms with van der Waals surface area (Å²) in [6.45, 7) is 1.65. The molecular weight excluding hydrogens is 164 g/mol. The zero-order valence-electron chi connectivity index (χ0n) is 7.48. The molecule has 0 aliphatic carbocycles. The molecule has 70 valence electrons. The van der Waals surface area contributed by atoms with Crippen LogP contribution in [0.3, 0.4) is 0 Å². The number of aliphatic hydroxyl groups is 1. The minimum atomic E-state index is -0.179. The Labute approximate surface area is 77.8 Å². The van der Waals surface area contributed by atoms with Crippen molar-refractivity contribution >= 4 is 11.4 Å². The van der Waals surface area contributed by atoms with Gasteiger partial charge in [0.05, 0.1) is 6.10 Å². The number of benzene rings is 1. The fourth-order valence-corrected chi connectivity index (χ4v) is 1.70. The molecule has 13 heavy (non-hydrogen) atoms. The van der Waals surface area contributed by atoms with Crippen molar-refractivity contribution in [3.63, 3.8) is 0 Å². The molecule has 1 aromatic rings. The second-order valence-corrected chi connectivity index (χ2v) is 3.48. The molecule has 1 aliphatic heterocycles. The van der Waals surface area contributed by atoms with Gasteiger partial charge < -0.3 is 15.7 Å².